The van der Waals surface area contributed by atoms with Crippen molar-refractivity contribution in [3.05, 3.63) is 60.8 Å². The van der Waals surface area contributed by atoms with Crippen LogP contribution < -0.4 is 10.2 Å². The van der Waals surface area contributed by atoms with E-state index < -0.39 is 20.0 Å². The van der Waals surface area contributed by atoms with Gasteiger partial charge in [-0.3, -0.25) is 9.36 Å². The fraction of sp³-hybridized carbons (Fsp3) is 0.761. The molecule has 55 heavy (non-hydrogen) atoms. The Morgan fingerprint density at radius 2 is 1.09 bits per heavy atom. The summed E-state index contributed by atoms with van der Waals surface area (Å²) >= 11 is 0. The number of likely N-dealkylation sites (N-methyl/N-ethyl adjacent to an activating group) is 1. The summed E-state index contributed by atoms with van der Waals surface area (Å²) in [6, 6.07) is -0.832. The molecule has 0 aliphatic rings. The molecule has 0 saturated carbocycles. The molecule has 0 radical (unpaired) electrons. The minimum absolute atomic E-state index is 0.00114. The van der Waals surface area contributed by atoms with Crippen LogP contribution in [0.25, 0.3) is 0 Å². The third-order valence-electron chi connectivity index (χ3n) is 9.52. The average molecular weight is 793 g/mol. The van der Waals surface area contributed by atoms with E-state index in [1.807, 2.05) is 21.1 Å². The van der Waals surface area contributed by atoms with Gasteiger partial charge in [0.2, 0.25) is 5.91 Å². The van der Waals surface area contributed by atoms with Crippen molar-refractivity contribution >= 4 is 13.7 Å². The molecule has 0 aromatic rings. The van der Waals surface area contributed by atoms with E-state index in [1.54, 1.807) is 0 Å². The van der Waals surface area contributed by atoms with Crippen LogP contribution in [0.3, 0.4) is 0 Å². The van der Waals surface area contributed by atoms with E-state index in [-0.39, 0.29) is 25.5 Å². The SMILES string of the molecule is CC/C=C\C/C=C\C/C=C\C/C=C\C/C=C\CCCC(=O)NC(COP(=O)([O-])OCC[N+](C)(C)C)C(O)CCCCCCCCCCCCCCCCCC. The monoisotopic (exact) mass is 793 g/mol. The molecular weight excluding hydrogens is 707 g/mol. The number of amides is 1. The number of unbranched alkanes of at least 4 members (excludes halogenated alkanes) is 16. The van der Waals surface area contributed by atoms with Crippen LogP contribution >= 0.6 is 7.82 Å². The number of nitrogens with zero attached hydrogens (tertiary/aromatic N) is 1. The van der Waals surface area contributed by atoms with Crippen molar-refractivity contribution in [2.45, 2.75) is 187 Å². The minimum atomic E-state index is -4.58. The molecule has 2 N–H and O–H groups in total. The average Bonchev–Trinajstić information content (AvgIpc) is 3.13. The molecule has 8 nitrogen and oxygen atoms in total. The highest BCUT2D eigenvalue weighted by Gasteiger charge is 2.24. The zero-order valence-corrected chi connectivity index (χ0v) is 37.0. The summed E-state index contributed by atoms with van der Waals surface area (Å²) in [4.78, 5) is 25.3. The lowest BCUT2D eigenvalue weighted by Crippen LogP contribution is -2.46. The van der Waals surface area contributed by atoms with Gasteiger partial charge in [0.05, 0.1) is 39.9 Å². The summed E-state index contributed by atoms with van der Waals surface area (Å²) < 4.78 is 23.2. The summed E-state index contributed by atoms with van der Waals surface area (Å²) in [5.74, 6) is -0.223. The number of aliphatic hydroxyl groups is 1. The Morgan fingerprint density at radius 1 is 0.655 bits per heavy atom. The third kappa shape index (κ3) is 40.2. The largest absolute Gasteiger partial charge is 0.756 e. The molecule has 0 bridgehead atoms. The lowest BCUT2D eigenvalue weighted by Gasteiger charge is -2.30. The Kier molecular flexibility index (Phi) is 36.5. The first-order chi connectivity index (χ1) is 26.5. The number of carbonyl (C=O) groups excluding carboxylic acids is 1. The van der Waals surface area contributed by atoms with Gasteiger partial charge in [0.1, 0.15) is 13.2 Å². The predicted molar refractivity (Wildman–Crippen MR) is 233 cm³/mol. The summed E-state index contributed by atoms with van der Waals surface area (Å²) in [6.07, 6.45) is 48.0. The fourth-order valence-corrected chi connectivity index (χ4v) is 6.74. The van der Waals surface area contributed by atoms with Crippen LogP contribution in [-0.2, 0) is 18.4 Å². The molecule has 3 unspecified atom stereocenters. The summed E-state index contributed by atoms with van der Waals surface area (Å²) in [5.41, 5.74) is 0. The molecule has 0 spiro atoms. The molecule has 0 fully saturated rings. The van der Waals surface area contributed by atoms with Crippen molar-refractivity contribution in [1.29, 1.82) is 0 Å². The molecule has 0 heterocycles. The van der Waals surface area contributed by atoms with Crippen molar-refractivity contribution in [2.24, 2.45) is 0 Å². The molecule has 0 aromatic carbocycles. The number of phosphoric acid groups is 1. The topological polar surface area (TPSA) is 108 Å². The first-order valence-electron chi connectivity index (χ1n) is 22.1. The molecule has 9 heteroatoms. The van der Waals surface area contributed by atoms with Gasteiger partial charge in [-0.15, -0.1) is 0 Å². The smallest absolute Gasteiger partial charge is 0.268 e. The van der Waals surface area contributed by atoms with Crippen LogP contribution in [0.5, 0.6) is 0 Å². The van der Waals surface area contributed by atoms with Crippen molar-refractivity contribution in [3.8, 4) is 0 Å². The zero-order valence-electron chi connectivity index (χ0n) is 36.1. The van der Waals surface area contributed by atoms with Gasteiger partial charge in [-0.1, -0.05) is 177 Å². The van der Waals surface area contributed by atoms with E-state index in [4.69, 9.17) is 9.05 Å². The maximum absolute atomic E-state index is 12.8. The molecule has 0 saturated heterocycles. The second-order valence-electron chi connectivity index (χ2n) is 16.0. The summed E-state index contributed by atoms with van der Waals surface area (Å²) in [5, 5.41) is 13.9. The van der Waals surface area contributed by atoms with Gasteiger partial charge in [0.25, 0.3) is 7.82 Å². The highest BCUT2D eigenvalue weighted by atomic mass is 31.2. The minimum Gasteiger partial charge on any atom is -0.756 e. The maximum atomic E-state index is 12.8. The normalized spacial score (nSPS) is 15.0. The van der Waals surface area contributed by atoms with Crippen molar-refractivity contribution < 1.29 is 32.9 Å². The standard InChI is InChI=1S/C46H85N2O6P/c1-6-8-10-12-14-16-18-20-22-24-26-28-30-32-34-36-38-40-46(50)47-44(43-54-55(51,52)53-42-41-48(3,4)5)45(49)39-37-35-33-31-29-27-25-23-21-19-17-15-13-11-9-7-2/h8,10,14,16,20,22,26,28,32,34,44-45,49H,6-7,9,11-13,15,17-19,21,23-25,27,29-31,33,35-43H2,1-5H3,(H-,47,50,51,52)/b10-8-,16-14-,22-20-,28-26-,34-32-. The highest BCUT2D eigenvalue weighted by molar-refractivity contribution is 7.45. The van der Waals surface area contributed by atoms with Gasteiger partial charge < -0.3 is 28.8 Å². The van der Waals surface area contributed by atoms with Gasteiger partial charge in [-0.05, 0) is 51.4 Å². The van der Waals surface area contributed by atoms with Crippen molar-refractivity contribution in [1.82, 2.24) is 5.32 Å². The van der Waals surface area contributed by atoms with Gasteiger partial charge in [0.15, 0.2) is 0 Å². The van der Waals surface area contributed by atoms with E-state index in [9.17, 15) is 19.4 Å². The number of allylic oxidation sites excluding steroid dienone is 10. The fourth-order valence-electron chi connectivity index (χ4n) is 6.02. The number of hydrogen-bond acceptors (Lipinski definition) is 6. The number of aliphatic hydroxyl groups excluding tert-OH is 1. The molecule has 3 atom stereocenters. The van der Waals surface area contributed by atoms with Crippen LogP contribution in [-0.4, -0.2) is 68.5 Å². The first-order valence-corrected chi connectivity index (χ1v) is 23.6. The van der Waals surface area contributed by atoms with E-state index in [0.29, 0.717) is 23.9 Å². The molecular formula is C46H85N2O6P. The zero-order chi connectivity index (χ0) is 40.7. The number of quaternary nitrogens is 1. The number of hydrogen-bond donors (Lipinski definition) is 2. The summed E-state index contributed by atoms with van der Waals surface area (Å²) in [7, 11) is 1.26. The second-order valence-corrected chi connectivity index (χ2v) is 17.4. The van der Waals surface area contributed by atoms with Crippen LogP contribution in [0.1, 0.15) is 174 Å². The number of nitrogens with one attached hydrogen (secondary N) is 1. The number of phosphoric ester groups is 1. The van der Waals surface area contributed by atoms with Crippen molar-refractivity contribution in [3.63, 3.8) is 0 Å². The van der Waals surface area contributed by atoms with Crippen LogP contribution in [0.15, 0.2) is 60.8 Å². The van der Waals surface area contributed by atoms with Crippen LogP contribution in [0, 0.1) is 0 Å². The van der Waals surface area contributed by atoms with E-state index in [2.05, 4.69) is 79.9 Å². The molecule has 0 aliphatic heterocycles. The van der Waals surface area contributed by atoms with E-state index >= 15 is 0 Å². The second kappa shape index (κ2) is 37.8. The third-order valence-corrected chi connectivity index (χ3v) is 10.5. The van der Waals surface area contributed by atoms with Crippen molar-refractivity contribution in [2.75, 3.05) is 40.9 Å². The Hall–Kier alpha value is -1.80. The quantitative estimate of drug-likeness (QED) is 0.0278. The first kappa shape index (κ1) is 53.2. The van der Waals surface area contributed by atoms with Gasteiger partial charge >= 0.3 is 0 Å². The van der Waals surface area contributed by atoms with Gasteiger partial charge in [-0.25, -0.2) is 0 Å². The Balaban J connectivity index is 4.49. The molecule has 0 aromatic heterocycles. The molecule has 1 amide bonds. The number of rotatable bonds is 39. The molecule has 0 rings (SSSR count). The highest BCUT2D eigenvalue weighted by Crippen LogP contribution is 2.38. The molecule has 0 aliphatic carbocycles. The predicted octanol–water partition coefficient (Wildman–Crippen LogP) is 11.6. The van der Waals surface area contributed by atoms with E-state index in [0.717, 1.165) is 57.8 Å². The summed E-state index contributed by atoms with van der Waals surface area (Å²) in [6.45, 7) is 4.55. The lowest BCUT2D eigenvalue weighted by atomic mass is 10.0. The van der Waals surface area contributed by atoms with E-state index in [1.165, 1.54) is 83.5 Å². The van der Waals surface area contributed by atoms with Crippen LogP contribution in [0.2, 0.25) is 0 Å². The van der Waals surface area contributed by atoms with Gasteiger partial charge in [-0.2, -0.15) is 0 Å². The lowest BCUT2D eigenvalue weighted by molar-refractivity contribution is -0.870. The maximum Gasteiger partial charge on any atom is 0.268 e. The van der Waals surface area contributed by atoms with Crippen LogP contribution in [0.4, 0.5) is 0 Å². The number of carbonyl (C=O) groups is 1. The Labute approximate surface area is 339 Å². The molecule has 320 valence electrons. The Bertz CT molecular complexity index is 1080. The van der Waals surface area contributed by atoms with Gasteiger partial charge in [0, 0.05) is 6.42 Å². The Morgan fingerprint density at radius 3 is 1.55 bits per heavy atom.